The molecule has 0 saturated carbocycles. The maximum absolute atomic E-state index is 14.3. The van der Waals surface area contributed by atoms with Gasteiger partial charge in [-0.3, -0.25) is 0 Å². The van der Waals surface area contributed by atoms with Crippen molar-refractivity contribution in [1.82, 2.24) is 4.31 Å². The highest BCUT2D eigenvalue weighted by Crippen LogP contribution is 2.31. The largest absolute Gasteiger partial charge is 0.246 e. The summed E-state index contributed by atoms with van der Waals surface area (Å²) in [4.78, 5) is -0.292. The van der Waals surface area contributed by atoms with Crippen molar-refractivity contribution in [2.24, 2.45) is 5.92 Å². The highest BCUT2D eigenvalue weighted by Gasteiger charge is 2.34. The van der Waals surface area contributed by atoms with Gasteiger partial charge in [-0.2, -0.15) is 4.31 Å². The Morgan fingerprint density at radius 3 is 2.75 bits per heavy atom. The number of alkyl halides is 1. The highest BCUT2D eigenvalue weighted by molar-refractivity contribution is 9.10. The Kier molecular flexibility index (Phi) is 5.10. The smallest absolute Gasteiger partial charge is 0.207 e. The molecule has 1 heterocycles. The van der Waals surface area contributed by atoms with Crippen LogP contribution in [-0.4, -0.2) is 25.8 Å². The number of rotatable bonds is 4. The lowest BCUT2D eigenvalue weighted by molar-refractivity contribution is 0.447. The van der Waals surface area contributed by atoms with Crippen molar-refractivity contribution >= 4 is 37.6 Å². The summed E-state index contributed by atoms with van der Waals surface area (Å²) in [6.45, 7) is 2.94. The molecule has 0 N–H and O–H groups in total. The van der Waals surface area contributed by atoms with Gasteiger partial charge in [0.15, 0.2) is 0 Å². The molecule has 1 aromatic carbocycles. The van der Waals surface area contributed by atoms with E-state index in [9.17, 15) is 12.8 Å². The third-order valence-corrected chi connectivity index (χ3v) is 6.28. The van der Waals surface area contributed by atoms with Gasteiger partial charge in [-0.05, 0) is 24.5 Å². The fourth-order valence-corrected chi connectivity index (χ4v) is 4.91. The number of hydrogen-bond acceptors (Lipinski definition) is 2. The molecule has 0 spiro atoms. The lowest BCUT2D eigenvalue weighted by atomic mass is 10.1. The zero-order chi connectivity index (χ0) is 14.9. The van der Waals surface area contributed by atoms with Crippen LogP contribution < -0.4 is 0 Å². The van der Waals surface area contributed by atoms with Gasteiger partial charge >= 0.3 is 0 Å². The average molecular weight is 385 g/mol. The molecule has 0 amide bonds. The summed E-state index contributed by atoms with van der Waals surface area (Å²) >= 11 is 8.87. The molecule has 112 valence electrons. The van der Waals surface area contributed by atoms with E-state index in [1.54, 1.807) is 0 Å². The van der Waals surface area contributed by atoms with Gasteiger partial charge in [0.2, 0.25) is 10.0 Å². The van der Waals surface area contributed by atoms with E-state index in [2.05, 4.69) is 15.9 Å². The van der Waals surface area contributed by atoms with Gasteiger partial charge in [-0.15, -0.1) is 11.6 Å². The van der Waals surface area contributed by atoms with Crippen LogP contribution in [0, 0.1) is 11.7 Å². The molecule has 1 atom stereocenters. The van der Waals surface area contributed by atoms with Crippen LogP contribution in [0.15, 0.2) is 21.5 Å². The average Bonchev–Trinajstić information content (AvgIpc) is 2.90. The molecule has 0 radical (unpaired) electrons. The number of nitrogens with zero attached hydrogens (tertiary/aromatic N) is 1. The normalized spacial score (nSPS) is 20.5. The van der Waals surface area contributed by atoms with Crippen LogP contribution in [0.1, 0.15) is 25.3 Å². The second-order valence-electron chi connectivity index (χ2n) is 4.94. The fourth-order valence-electron chi connectivity index (χ4n) is 2.39. The number of hydrogen-bond donors (Lipinski definition) is 0. The van der Waals surface area contributed by atoms with Crippen LogP contribution in [0.5, 0.6) is 0 Å². The van der Waals surface area contributed by atoms with Crippen LogP contribution in [0.25, 0.3) is 0 Å². The SMILES string of the molecule is CCC1CCN(S(=O)(=O)c2cc(Br)cc(CCl)c2F)C1. The van der Waals surface area contributed by atoms with Crippen molar-refractivity contribution in [2.45, 2.75) is 30.5 Å². The summed E-state index contributed by atoms with van der Waals surface area (Å²) in [6.07, 6.45) is 1.76. The second-order valence-corrected chi connectivity index (χ2v) is 8.03. The van der Waals surface area contributed by atoms with E-state index in [0.717, 1.165) is 12.8 Å². The molecule has 1 aliphatic heterocycles. The third-order valence-electron chi connectivity index (χ3n) is 3.67. The number of sulfonamides is 1. The standard InChI is InChI=1S/C13H16BrClFNO2S/c1-2-9-3-4-17(8-9)20(18,19)12-6-11(14)5-10(7-15)13(12)16/h5-6,9H,2-4,7-8H2,1H3. The maximum atomic E-state index is 14.3. The fraction of sp³-hybridized carbons (Fsp3) is 0.538. The first-order valence-corrected chi connectivity index (χ1v) is 9.21. The van der Waals surface area contributed by atoms with Gasteiger partial charge in [0, 0.05) is 23.1 Å². The van der Waals surface area contributed by atoms with E-state index >= 15 is 0 Å². The number of benzene rings is 1. The molecule has 0 aromatic heterocycles. The minimum absolute atomic E-state index is 0.0641. The molecule has 0 aliphatic carbocycles. The third kappa shape index (κ3) is 3.03. The van der Waals surface area contributed by atoms with Crippen molar-refractivity contribution in [3.05, 3.63) is 28.0 Å². The Hall–Kier alpha value is -0.170. The molecule has 0 bridgehead atoms. The monoisotopic (exact) mass is 383 g/mol. The maximum Gasteiger partial charge on any atom is 0.246 e. The van der Waals surface area contributed by atoms with Gasteiger partial charge in [0.1, 0.15) is 10.7 Å². The molecule has 3 nitrogen and oxygen atoms in total. The van der Waals surface area contributed by atoms with E-state index < -0.39 is 15.8 Å². The zero-order valence-electron chi connectivity index (χ0n) is 11.1. The Bertz CT molecular complexity index is 609. The van der Waals surface area contributed by atoms with E-state index in [0.29, 0.717) is 23.5 Å². The van der Waals surface area contributed by atoms with Crippen molar-refractivity contribution < 1.29 is 12.8 Å². The van der Waals surface area contributed by atoms with Crippen LogP contribution >= 0.6 is 27.5 Å². The zero-order valence-corrected chi connectivity index (χ0v) is 14.2. The summed E-state index contributed by atoms with van der Waals surface area (Å²) < 4.78 is 41.3. The van der Waals surface area contributed by atoms with Crippen molar-refractivity contribution in [3.8, 4) is 0 Å². The predicted octanol–water partition coefficient (Wildman–Crippen LogP) is 3.75. The molecule has 2 rings (SSSR count). The van der Waals surface area contributed by atoms with Gasteiger partial charge in [-0.1, -0.05) is 29.3 Å². The van der Waals surface area contributed by atoms with Crippen molar-refractivity contribution in [3.63, 3.8) is 0 Å². The quantitative estimate of drug-likeness (QED) is 0.742. The van der Waals surface area contributed by atoms with E-state index in [-0.39, 0.29) is 16.3 Å². The summed E-state index contributed by atoms with van der Waals surface area (Å²) in [5.74, 6) is -0.457. The first-order valence-electron chi connectivity index (χ1n) is 6.44. The van der Waals surface area contributed by atoms with Crippen LogP contribution in [0.2, 0.25) is 0 Å². The second kappa shape index (κ2) is 6.30. The van der Waals surface area contributed by atoms with Gasteiger partial charge in [-0.25, -0.2) is 12.8 Å². The first-order chi connectivity index (χ1) is 9.40. The van der Waals surface area contributed by atoms with Gasteiger partial charge < -0.3 is 0 Å². The lowest BCUT2D eigenvalue weighted by Gasteiger charge is -2.18. The summed E-state index contributed by atoms with van der Waals surface area (Å²) in [5.41, 5.74) is 0.186. The molecule has 20 heavy (non-hydrogen) atoms. The van der Waals surface area contributed by atoms with Gasteiger partial charge in [0.25, 0.3) is 0 Å². The van der Waals surface area contributed by atoms with Crippen LogP contribution in [0.3, 0.4) is 0 Å². The summed E-state index contributed by atoms with van der Waals surface area (Å²) in [5, 5.41) is 0. The van der Waals surface area contributed by atoms with E-state index in [1.807, 2.05) is 6.92 Å². The van der Waals surface area contributed by atoms with E-state index in [1.165, 1.54) is 16.4 Å². The molecule has 1 saturated heterocycles. The van der Waals surface area contributed by atoms with Crippen LogP contribution in [0.4, 0.5) is 4.39 Å². The minimum atomic E-state index is -3.80. The molecule has 7 heteroatoms. The van der Waals surface area contributed by atoms with Gasteiger partial charge in [0.05, 0.1) is 5.88 Å². The van der Waals surface area contributed by atoms with Crippen molar-refractivity contribution in [1.29, 1.82) is 0 Å². The lowest BCUT2D eigenvalue weighted by Crippen LogP contribution is -2.29. The Morgan fingerprint density at radius 1 is 1.50 bits per heavy atom. The van der Waals surface area contributed by atoms with E-state index in [4.69, 9.17) is 11.6 Å². The van der Waals surface area contributed by atoms with Crippen molar-refractivity contribution in [2.75, 3.05) is 13.1 Å². The molecule has 1 unspecified atom stereocenters. The minimum Gasteiger partial charge on any atom is -0.207 e. The summed E-state index contributed by atoms with van der Waals surface area (Å²) in [6, 6.07) is 2.81. The summed E-state index contributed by atoms with van der Waals surface area (Å²) in [7, 11) is -3.80. The molecule has 1 aromatic rings. The van der Waals surface area contributed by atoms with Crippen LogP contribution in [-0.2, 0) is 15.9 Å². The molecule has 1 aliphatic rings. The highest BCUT2D eigenvalue weighted by atomic mass is 79.9. The molecule has 1 fully saturated rings. The Balaban J connectivity index is 2.42. The Labute approximate surface area is 132 Å². The molecular weight excluding hydrogens is 369 g/mol. The number of halogens is 3. The topological polar surface area (TPSA) is 37.4 Å². The Morgan fingerprint density at radius 2 is 2.20 bits per heavy atom. The first kappa shape index (κ1) is 16.2. The predicted molar refractivity (Wildman–Crippen MR) is 80.8 cm³/mol. The molecular formula is C13H16BrClFNO2S.